The van der Waals surface area contributed by atoms with Crippen molar-refractivity contribution in [2.75, 3.05) is 11.1 Å². The monoisotopic (exact) mass is 416 g/mol. The maximum absolute atomic E-state index is 12.9. The van der Waals surface area contributed by atoms with E-state index in [1.54, 1.807) is 0 Å². The Kier molecular flexibility index (Phi) is 6.52. The first-order chi connectivity index (χ1) is 13.7. The molecule has 0 bridgehead atoms. The third kappa shape index (κ3) is 5.26. The number of nitrogens with zero attached hydrogens (tertiary/aromatic N) is 3. The van der Waals surface area contributed by atoms with Gasteiger partial charge in [0.2, 0.25) is 11.0 Å². The largest absolute Gasteiger partial charge is 0.356 e. The van der Waals surface area contributed by atoms with Crippen molar-refractivity contribution in [1.29, 1.82) is 0 Å². The van der Waals surface area contributed by atoms with E-state index in [9.17, 15) is 4.79 Å². The molecular weight excluding hydrogens is 388 g/mol. The molecule has 2 aliphatic rings. The number of hydrogen-bond donors (Lipinski definition) is 1. The predicted octanol–water partition coefficient (Wildman–Crippen LogP) is 4.81. The summed E-state index contributed by atoms with van der Waals surface area (Å²) in [5, 5.41) is 12.6. The molecule has 1 aromatic heterocycles. The summed E-state index contributed by atoms with van der Waals surface area (Å²) in [5.74, 6) is 1.56. The third-order valence-corrected chi connectivity index (χ3v) is 7.62. The van der Waals surface area contributed by atoms with E-state index in [0.29, 0.717) is 17.8 Å². The van der Waals surface area contributed by atoms with Crippen molar-refractivity contribution >= 4 is 34.1 Å². The number of nitrogens with one attached hydrogen (secondary N) is 1. The first-order valence-corrected chi connectivity index (χ1v) is 12.0. The summed E-state index contributed by atoms with van der Waals surface area (Å²) in [6, 6.07) is 11.2. The van der Waals surface area contributed by atoms with Crippen molar-refractivity contribution in [3.63, 3.8) is 0 Å². The molecule has 1 aromatic carbocycles. The third-order valence-electron chi connectivity index (χ3n) is 5.62. The lowest BCUT2D eigenvalue weighted by atomic mass is 9.86. The van der Waals surface area contributed by atoms with Gasteiger partial charge in [0.1, 0.15) is 0 Å². The van der Waals surface area contributed by atoms with Crippen molar-refractivity contribution < 1.29 is 4.79 Å². The van der Waals surface area contributed by atoms with Crippen LogP contribution in [0.2, 0.25) is 0 Å². The molecule has 0 spiro atoms. The summed E-state index contributed by atoms with van der Waals surface area (Å²) in [6.45, 7) is 3.06. The minimum atomic E-state index is 0.279. The topological polar surface area (TPSA) is 58.1 Å². The van der Waals surface area contributed by atoms with E-state index in [4.69, 9.17) is 0 Å². The molecule has 0 radical (unpaired) electrons. The van der Waals surface area contributed by atoms with Crippen molar-refractivity contribution in [3.05, 3.63) is 35.9 Å². The summed E-state index contributed by atoms with van der Waals surface area (Å²) >= 11 is 3.05. The highest BCUT2D eigenvalue weighted by molar-refractivity contribution is 8.01. The Morgan fingerprint density at radius 3 is 2.46 bits per heavy atom. The van der Waals surface area contributed by atoms with E-state index in [1.165, 1.54) is 67.2 Å². The highest BCUT2D eigenvalue weighted by Crippen LogP contribution is 2.36. The van der Waals surface area contributed by atoms with Crippen LogP contribution in [0, 0.1) is 5.92 Å². The second kappa shape index (κ2) is 9.27. The zero-order valence-corrected chi connectivity index (χ0v) is 18.0. The van der Waals surface area contributed by atoms with Gasteiger partial charge in [-0.25, -0.2) is 0 Å². The summed E-state index contributed by atoms with van der Waals surface area (Å²) in [6.07, 6.45) is 7.19. The fourth-order valence-electron chi connectivity index (χ4n) is 3.89. The van der Waals surface area contributed by atoms with Crippen LogP contribution in [-0.2, 0) is 11.3 Å². The van der Waals surface area contributed by atoms with Gasteiger partial charge in [-0.2, -0.15) is 0 Å². The molecular formula is C21H28N4OS2. The molecule has 2 aliphatic carbocycles. The number of benzene rings is 1. The van der Waals surface area contributed by atoms with Crippen LogP contribution in [0.3, 0.4) is 0 Å². The highest BCUT2D eigenvalue weighted by atomic mass is 32.2. The zero-order valence-electron chi connectivity index (χ0n) is 16.3. The van der Waals surface area contributed by atoms with E-state index in [2.05, 4.69) is 39.5 Å². The van der Waals surface area contributed by atoms with Gasteiger partial charge in [0, 0.05) is 18.6 Å². The van der Waals surface area contributed by atoms with Crippen LogP contribution in [0.5, 0.6) is 0 Å². The standard InChI is InChI=1S/C21H28N4OS2/c1-15-7-9-17(10-8-15)25(18-11-12-18)19(26)14-27-21-24-23-20(28-21)22-13-16-5-3-2-4-6-16/h2-6,15,17-18H,7-14H2,1H3,(H,22,23). The van der Waals surface area contributed by atoms with Gasteiger partial charge in [-0.1, -0.05) is 60.4 Å². The number of thioether (sulfide) groups is 1. The van der Waals surface area contributed by atoms with Gasteiger partial charge < -0.3 is 10.2 Å². The van der Waals surface area contributed by atoms with Crippen LogP contribution in [-0.4, -0.2) is 38.8 Å². The maximum atomic E-state index is 12.9. The minimum Gasteiger partial charge on any atom is -0.356 e. The lowest BCUT2D eigenvalue weighted by molar-refractivity contribution is -0.132. The number of hydrogen-bond acceptors (Lipinski definition) is 6. The average molecular weight is 417 g/mol. The molecule has 28 heavy (non-hydrogen) atoms. The Labute approximate surface area is 175 Å². The molecule has 5 nitrogen and oxygen atoms in total. The highest BCUT2D eigenvalue weighted by Gasteiger charge is 2.38. The fraction of sp³-hybridized carbons (Fsp3) is 0.571. The number of carbonyl (C=O) groups excluding carboxylic acids is 1. The van der Waals surface area contributed by atoms with E-state index in [-0.39, 0.29) is 5.91 Å². The van der Waals surface area contributed by atoms with Crippen LogP contribution in [0.4, 0.5) is 5.13 Å². The molecule has 1 N–H and O–H groups in total. The van der Waals surface area contributed by atoms with Crippen molar-refractivity contribution in [1.82, 2.24) is 15.1 Å². The van der Waals surface area contributed by atoms with Gasteiger partial charge in [0.15, 0.2) is 4.34 Å². The Bertz CT molecular complexity index is 770. The van der Waals surface area contributed by atoms with Gasteiger partial charge in [0.05, 0.1) is 5.75 Å². The first-order valence-electron chi connectivity index (χ1n) is 10.2. The number of anilines is 1. The molecule has 0 atom stereocenters. The molecule has 0 aliphatic heterocycles. The Morgan fingerprint density at radius 1 is 1.11 bits per heavy atom. The summed E-state index contributed by atoms with van der Waals surface area (Å²) in [7, 11) is 0. The van der Waals surface area contributed by atoms with Gasteiger partial charge >= 0.3 is 0 Å². The van der Waals surface area contributed by atoms with Crippen LogP contribution < -0.4 is 5.32 Å². The predicted molar refractivity (Wildman–Crippen MR) is 116 cm³/mol. The van der Waals surface area contributed by atoms with Gasteiger partial charge in [-0.3, -0.25) is 4.79 Å². The molecule has 150 valence electrons. The van der Waals surface area contributed by atoms with Crippen LogP contribution in [0.1, 0.15) is 51.0 Å². The summed E-state index contributed by atoms with van der Waals surface area (Å²) in [4.78, 5) is 15.2. The number of carbonyl (C=O) groups is 1. The van der Waals surface area contributed by atoms with Crippen molar-refractivity contribution in [3.8, 4) is 0 Å². The van der Waals surface area contributed by atoms with E-state index in [0.717, 1.165) is 21.9 Å². The molecule has 1 amide bonds. The Morgan fingerprint density at radius 2 is 1.79 bits per heavy atom. The molecule has 0 saturated heterocycles. The van der Waals surface area contributed by atoms with E-state index >= 15 is 0 Å². The lowest BCUT2D eigenvalue weighted by Gasteiger charge is -2.36. The Balaban J connectivity index is 1.27. The fourth-order valence-corrected chi connectivity index (χ4v) is 5.51. The molecule has 2 aromatic rings. The number of rotatable bonds is 8. The molecule has 2 fully saturated rings. The first kappa shape index (κ1) is 19.7. The molecule has 0 unspecified atom stereocenters. The van der Waals surface area contributed by atoms with Crippen LogP contribution in [0.15, 0.2) is 34.7 Å². The second-order valence-electron chi connectivity index (χ2n) is 7.95. The lowest BCUT2D eigenvalue weighted by Crippen LogP contribution is -2.44. The number of aromatic nitrogens is 2. The molecule has 2 saturated carbocycles. The maximum Gasteiger partial charge on any atom is 0.233 e. The normalized spacial score (nSPS) is 22.0. The van der Waals surface area contributed by atoms with Crippen LogP contribution >= 0.6 is 23.1 Å². The Hall–Kier alpha value is -1.60. The molecule has 4 rings (SSSR count). The van der Waals surface area contributed by atoms with Crippen LogP contribution in [0.25, 0.3) is 0 Å². The minimum absolute atomic E-state index is 0.279. The molecule has 7 heteroatoms. The second-order valence-corrected chi connectivity index (χ2v) is 10.1. The summed E-state index contributed by atoms with van der Waals surface area (Å²) in [5.41, 5.74) is 1.21. The van der Waals surface area contributed by atoms with Gasteiger partial charge in [-0.15, -0.1) is 10.2 Å². The van der Waals surface area contributed by atoms with Crippen molar-refractivity contribution in [2.24, 2.45) is 5.92 Å². The van der Waals surface area contributed by atoms with Gasteiger partial charge in [0.25, 0.3) is 0 Å². The van der Waals surface area contributed by atoms with E-state index < -0.39 is 0 Å². The van der Waals surface area contributed by atoms with Gasteiger partial charge in [-0.05, 0) is 50.0 Å². The SMILES string of the molecule is CC1CCC(N(C(=O)CSc2nnc(NCc3ccccc3)s2)C2CC2)CC1. The molecule has 1 heterocycles. The quantitative estimate of drug-likeness (QED) is 0.626. The average Bonchev–Trinajstić information content (AvgIpc) is 3.44. The van der Waals surface area contributed by atoms with E-state index in [1.807, 2.05) is 18.2 Å². The zero-order chi connectivity index (χ0) is 19.3. The number of amides is 1. The summed E-state index contributed by atoms with van der Waals surface area (Å²) < 4.78 is 0.858. The van der Waals surface area contributed by atoms with Crippen molar-refractivity contribution in [2.45, 2.75) is 68.4 Å². The smallest absolute Gasteiger partial charge is 0.233 e.